The Balaban J connectivity index is 2.44. The van der Waals surface area contributed by atoms with E-state index >= 15 is 0 Å². The van der Waals surface area contributed by atoms with Crippen LogP contribution in [-0.4, -0.2) is 224 Å². The van der Waals surface area contributed by atoms with E-state index in [2.05, 4.69) is 52.8 Å². The van der Waals surface area contributed by atoms with E-state index in [1.807, 2.05) is 13.8 Å². The van der Waals surface area contributed by atoms with Crippen molar-refractivity contribution >= 4 is 94.8 Å². The Morgan fingerprint density at radius 2 is 0.838 bits per heavy atom. The number of aliphatic carboxylic acids is 3. The van der Waals surface area contributed by atoms with E-state index in [-0.39, 0.29) is 120 Å². The quantitative estimate of drug-likeness (QED) is 0.0164. The average Bonchev–Trinajstić information content (AvgIpc) is 1.74. The van der Waals surface area contributed by atoms with Crippen molar-refractivity contribution in [2.75, 3.05) is 26.2 Å². The molecule has 560 valence electrons. The van der Waals surface area contributed by atoms with Crippen LogP contribution in [0.5, 0.6) is 0 Å². The maximum Gasteiger partial charge on any atom is 0.326 e. The summed E-state index contributed by atoms with van der Waals surface area (Å²) in [4.78, 5) is 209. The number of aliphatic hydroxyl groups excluding tert-OH is 1. The van der Waals surface area contributed by atoms with Gasteiger partial charge < -0.3 is 101 Å². The number of aliphatic hydroxyl groups is 1. The fourth-order valence-electron chi connectivity index (χ4n) is 11.4. The average molecular weight is 1410 g/mol. The smallest absolute Gasteiger partial charge is 0.326 e. The molecule has 2 aliphatic heterocycles. The minimum Gasteiger partial charge on any atom is -0.481 e. The summed E-state index contributed by atoms with van der Waals surface area (Å²) in [5.74, 6) is -16.2. The standard InChI is InChI=1S/C64H110N16O19/c1-11-36(10)51(78-56(91)43(29-34(6)7)74-54(89)39(20-23-50(85)86)71-57(92)45(31-81)77-52(87)37(65)27-32(2)3)60(95)72-40(18-21-48(66)82)61(96)79-25-13-17-47(79)59(94)76-44(30-35(8)9)62(97)80-26-14-16-46(80)58(93)75-42(28-33(4)5)55(90)70-38(19-22-49(83)84)53(88)73-41(63(98)99)15-12-24-69-64(67)68/h32-47,51,81H,11-31,65H2,1-10H3,(H2,66,82)(H,70,90)(H,71,92)(H,72,95)(H,73,88)(H,74,89)(H,75,93)(H,76,94)(H,77,87)(H,78,91)(H,83,84)(H,85,86)(H,98,99)(H4,67,68,69)/t36-,37-,38-,39-,40-,41-,42-,43-,44-,45-,46-,47-,51-/m0/s1. The molecule has 0 spiro atoms. The first-order chi connectivity index (χ1) is 46.3. The van der Waals surface area contributed by atoms with Gasteiger partial charge >= 0.3 is 17.9 Å². The van der Waals surface area contributed by atoms with Gasteiger partial charge in [0.1, 0.15) is 66.5 Å². The third-order valence-corrected chi connectivity index (χ3v) is 16.8. The Morgan fingerprint density at radius 3 is 1.27 bits per heavy atom. The van der Waals surface area contributed by atoms with Gasteiger partial charge in [0.05, 0.1) is 12.6 Å². The van der Waals surface area contributed by atoms with Gasteiger partial charge in [-0.2, -0.15) is 0 Å². The third-order valence-electron chi connectivity index (χ3n) is 16.8. The summed E-state index contributed by atoms with van der Waals surface area (Å²) in [5, 5.41) is 61.8. The van der Waals surface area contributed by atoms with Gasteiger partial charge in [0.25, 0.3) is 0 Å². The highest BCUT2D eigenvalue weighted by atomic mass is 16.4. The maximum absolute atomic E-state index is 14.8. The molecule has 35 nitrogen and oxygen atoms in total. The number of aliphatic imine (C=N–C) groups is 1. The van der Waals surface area contributed by atoms with Crippen LogP contribution in [0.1, 0.15) is 178 Å². The van der Waals surface area contributed by atoms with Crippen molar-refractivity contribution < 1.29 is 92.3 Å². The molecule has 99 heavy (non-hydrogen) atoms. The molecular formula is C64H110N16O19. The molecule has 2 heterocycles. The molecule has 12 amide bonds. The van der Waals surface area contributed by atoms with E-state index in [4.69, 9.17) is 22.9 Å². The molecule has 13 atom stereocenters. The van der Waals surface area contributed by atoms with Gasteiger partial charge in [0.2, 0.25) is 70.9 Å². The molecular weight excluding hydrogens is 1300 g/mol. The first-order valence-corrected chi connectivity index (χ1v) is 34.0. The van der Waals surface area contributed by atoms with E-state index in [0.29, 0.717) is 6.42 Å². The van der Waals surface area contributed by atoms with E-state index in [1.165, 1.54) is 9.80 Å². The van der Waals surface area contributed by atoms with Crippen LogP contribution in [0.15, 0.2) is 4.99 Å². The lowest BCUT2D eigenvalue weighted by Gasteiger charge is -2.33. The summed E-state index contributed by atoms with van der Waals surface area (Å²) in [5.41, 5.74) is 22.2. The van der Waals surface area contributed by atoms with Crippen LogP contribution in [0.25, 0.3) is 0 Å². The summed E-state index contributed by atoms with van der Waals surface area (Å²) in [6.07, 6.45) is -1.66. The lowest BCUT2D eigenvalue weighted by Crippen LogP contribution is -2.61. The van der Waals surface area contributed by atoms with Gasteiger partial charge in [-0.15, -0.1) is 0 Å². The number of rotatable bonds is 45. The summed E-state index contributed by atoms with van der Waals surface area (Å²) in [6, 6.07) is -16.7. The van der Waals surface area contributed by atoms with Crippen LogP contribution in [0.3, 0.4) is 0 Å². The van der Waals surface area contributed by atoms with Gasteiger partial charge in [-0.3, -0.25) is 72.1 Å². The van der Waals surface area contributed by atoms with Crippen molar-refractivity contribution in [2.24, 2.45) is 57.5 Å². The minimum atomic E-state index is -1.62. The number of guanidine groups is 1. The predicted molar refractivity (Wildman–Crippen MR) is 359 cm³/mol. The summed E-state index contributed by atoms with van der Waals surface area (Å²) in [7, 11) is 0. The lowest BCUT2D eigenvalue weighted by atomic mass is 9.96. The number of primary amides is 1. The van der Waals surface area contributed by atoms with Gasteiger partial charge in [-0.1, -0.05) is 75.7 Å². The molecule has 0 radical (unpaired) electrons. The molecule has 21 N–H and O–H groups in total. The Hall–Kier alpha value is -8.76. The van der Waals surface area contributed by atoms with Crippen LogP contribution in [-0.2, 0) is 71.9 Å². The molecule has 2 fully saturated rings. The van der Waals surface area contributed by atoms with E-state index in [0.717, 1.165) is 0 Å². The zero-order valence-electron chi connectivity index (χ0n) is 58.7. The zero-order chi connectivity index (χ0) is 75.1. The highest BCUT2D eigenvalue weighted by molar-refractivity contribution is 6.00. The second-order valence-corrected chi connectivity index (χ2v) is 27.2. The van der Waals surface area contributed by atoms with Crippen LogP contribution >= 0.6 is 0 Å². The van der Waals surface area contributed by atoms with Crippen molar-refractivity contribution in [2.45, 2.75) is 251 Å². The lowest BCUT2D eigenvalue weighted by molar-refractivity contribution is -0.145. The van der Waals surface area contributed by atoms with E-state index in [9.17, 15) is 92.3 Å². The second kappa shape index (κ2) is 42.9. The fourth-order valence-corrected chi connectivity index (χ4v) is 11.4. The normalized spacial score (nSPS) is 17.8. The Kier molecular flexibility index (Phi) is 37.4. The molecule has 2 saturated heterocycles. The summed E-state index contributed by atoms with van der Waals surface area (Å²) >= 11 is 0. The number of carbonyl (C=O) groups is 15. The number of amides is 12. The van der Waals surface area contributed by atoms with E-state index in [1.54, 1.807) is 55.4 Å². The van der Waals surface area contributed by atoms with Crippen molar-refractivity contribution in [1.29, 1.82) is 0 Å². The van der Waals surface area contributed by atoms with Crippen LogP contribution < -0.4 is 70.8 Å². The Labute approximate surface area is 577 Å². The molecule has 0 aromatic heterocycles. The van der Waals surface area contributed by atoms with Crippen molar-refractivity contribution in [3.8, 4) is 0 Å². The molecule has 35 heteroatoms. The highest BCUT2D eigenvalue weighted by Gasteiger charge is 2.44. The van der Waals surface area contributed by atoms with Crippen molar-refractivity contribution in [1.82, 2.24) is 57.7 Å². The molecule has 0 bridgehead atoms. The number of nitrogens with zero attached hydrogens (tertiary/aromatic N) is 3. The number of hydrogen-bond acceptors (Lipinski definition) is 18. The maximum atomic E-state index is 14.8. The largest absolute Gasteiger partial charge is 0.481 e. The van der Waals surface area contributed by atoms with Gasteiger partial charge in [-0.05, 0) is 113 Å². The van der Waals surface area contributed by atoms with Gasteiger partial charge in [-0.25, -0.2) is 4.79 Å². The van der Waals surface area contributed by atoms with Crippen molar-refractivity contribution in [3.05, 3.63) is 0 Å². The monoisotopic (exact) mass is 1410 g/mol. The summed E-state index contributed by atoms with van der Waals surface area (Å²) < 4.78 is 0. The second-order valence-electron chi connectivity index (χ2n) is 27.2. The number of hydrogen-bond donors (Lipinski definition) is 17. The molecule has 2 rings (SSSR count). The first kappa shape index (κ1) is 86.3. The molecule has 2 aliphatic rings. The predicted octanol–water partition coefficient (Wildman–Crippen LogP) is -2.99. The highest BCUT2D eigenvalue weighted by Crippen LogP contribution is 2.25. The van der Waals surface area contributed by atoms with E-state index < -0.39 is 206 Å². The fraction of sp³-hybridized carbons (Fsp3) is 0.750. The van der Waals surface area contributed by atoms with Crippen LogP contribution in [0.2, 0.25) is 0 Å². The zero-order valence-corrected chi connectivity index (χ0v) is 58.7. The summed E-state index contributed by atoms with van der Waals surface area (Å²) in [6.45, 7) is 16.7. The Bertz CT molecular complexity index is 2840. The molecule has 0 unspecified atom stereocenters. The van der Waals surface area contributed by atoms with Gasteiger partial charge in [0.15, 0.2) is 5.96 Å². The number of carboxylic acids is 3. The molecule has 0 aromatic rings. The number of nitrogens with one attached hydrogen (secondary N) is 9. The third kappa shape index (κ3) is 30.5. The minimum absolute atomic E-state index is 0.000594. The van der Waals surface area contributed by atoms with Gasteiger partial charge in [0, 0.05) is 38.9 Å². The first-order valence-electron chi connectivity index (χ1n) is 34.0. The number of carbonyl (C=O) groups excluding carboxylic acids is 12. The molecule has 0 saturated carbocycles. The van der Waals surface area contributed by atoms with Crippen LogP contribution in [0.4, 0.5) is 0 Å². The SMILES string of the molecule is CC[C@H](C)[C@H](NC(=O)[C@H](CC(C)C)NC(=O)[C@H](CCC(=O)O)NC(=O)[C@H](CO)NC(=O)[C@@H](N)CC(C)C)C(=O)N[C@@H](CCC(N)=O)C(=O)N1CCC[C@H]1C(=O)N[C@@H](CC(C)C)C(=O)N1CCC[C@H]1C(=O)N[C@@H](CC(C)C)C(=O)N[C@@H](CCC(=O)O)C(=O)N[C@@H](CCCN=C(N)N)C(=O)O. The molecule has 0 aliphatic carbocycles. The number of likely N-dealkylation sites (tertiary alicyclic amines) is 2. The van der Waals surface area contributed by atoms with Crippen molar-refractivity contribution in [3.63, 3.8) is 0 Å². The number of nitrogens with two attached hydrogens (primary N) is 4. The molecule has 0 aromatic carbocycles. The number of carboxylic acid groups (broad SMARTS) is 3. The van der Waals surface area contributed by atoms with Crippen LogP contribution in [0, 0.1) is 29.6 Å². The Morgan fingerprint density at radius 1 is 0.455 bits per heavy atom. The topological polar surface area (TPSA) is 568 Å².